The number of rotatable bonds is 8. The number of methoxy groups -OCH3 is 1. The maximum absolute atomic E-state index is 13.6. The van der Waals surface area contributed by atoms with Gasteiger partial charge in [0.2, 0.25) is 5.91 Å². The van der Waals surface area contributed by atoms with Crippen molar-refractivity contribution < 1.29 is 19.0 Å². The van der Waals surface area contributed by atoms with Gasteiger partial charge in [0.1, 0.15) is 0 Å². The van der Waals surface area contributed by atoms with Crippen molar-refractivity contribution in [2.24, 2.45) is 5.92 Å². The molecule has 124 valence electrons. The Kier molecular flexibility index (Phi) is 6.81. The molecular formula is C17H26FNO3. The molecule has 22 heavy (non-hydrogen) atoms. The van der Waals surface area contributed by atoms with E-state index in [4.69, 9.17) is 4.74 Å². The van der Waals surface area contributed by atoms with Crippen LogP contribution < -0.4 is 10.1 Å². The van der Waals surface area contributed by atoms with Gasteiger partial charge in [-0.2, -0.15) is 0 Å². The molecule has 0 aliphatic heterocycles. The highest BCUT2D eigenvalue weighted by molar-refractivity contribution is 5.78. The average molecular weight is 311 g/mol. The number of aliphatic hydroxyl groups is 1. The highest BCUT2D eigenvalue weighted by Crippen LogP contribution is 2.18. The van der Waals surface area contributed by atoms with Gasteiger partial charge in [-0.3, -0.25) is 4.79 Å². The fraction of sp³-hybridized carbons (Fsp3) is 0.588. The Hall–Kier alpha value is -1.62. The quantitative estimate of drug-likeness (QED) is 0.776. The minimum atomic E-state index is -0.926. The number of halogens is 1. The number of benzene rings is 1. The highest BCUT2D eigenvalue weighted by Gasteiger charge is 2.21. The zero-order valence-corrected chi connectivity index (χ0v) is 13.8. The van der Waals surface area contributed by atoms with Crippen LogP contribution in [0.4, 0.5) is 4.39 Å². The average Bonchev–Trinajstić information content (AvgIpc) is 2.44. The third kappa shape index (κ3) is 6.43. The van der Waals surface area contributed by atoms with Crippen LogP contribution in [-0.2, 0) is 11.2 Å². The van der Waals surface area contributed by atoms with Crippen molar-refractivity contribution in [3.63, 3.8) is 0 Å². The molecule has 1 rings (SSSR count). The van der Waals surface area contributed by atoms with E-state index < -0.39 is 11.4 Å². The third-order valence-corrected chi connectivity index (χ3v) is 3.51. The number of nitrogens with one attached hydrogen (secondary N) is 1. The first-order chi connectivity index (χ1) is 10.2. The van der Waals surface area contributed by atoms with Gasteiger partial charge in [-0.25, -0.2) is 4.39 Å². The fourth-order valence-electron chi connectivity index (χ4n) is 2.04. The van der Waals surface area contributed by atoms with E-state index in [-0.39, 0.29) is 24.6 Å². The van der Waals surface area contributed by atoms with E-state index in [9.17, 15) is 14.3 Å². The standard InChI is InChI=1S/C17H26FNO3/c1-12(2)7-8-17(3,21)11-19-16(20)10-13-5-6-15(22-4)14(18)9-13/h5-6,9,12,21H,7-8,10-11H2,1-4H3,(H,19,20). The van der Waals surface area contributed by atoms with Crippen LogP contribution >= 0.6 is 0 Å². The van der Waals surface area contributed by atoms with Crippen molar-refractivity contribution in [1.29, 1.82) is 0 Å². The van der Waals surface area contributed by atoms with E-state index in [1.165, 1.54) is 19.2 Å². The minimum Gasteiger partial charge on any atom is -0.494 e. The summed E-state index contributed by atoms with van der Waals surface area (Å²) in [5.74, 6) is -0.0728. The van der Waals surface area contributed by atoms with Crippen molar-refractivity contribution >= 4 is 5.91 Å². The van der Waals surface area contributed by atoms with Crippen LogP contribution in [-0.4, -0.2) is 30.3 Å². The monoisotopic (exact) mass is 311 g/mol. The van der Waals surface area contributed by atoms with E-state index in [0.717, 1.165) is 6.42 Å². The Bertz CT molecular complexity index is 501. The van der Waals surface area contributed by atoms with Gasteiger partial charge in [0, 0.05) is 6.54 Å². The summed E-state index contributed by atoms with van der Waals surface area (Å²) >= 11 is 0. The lowest BCUT2D eigenvalue weighted by atomic mass is 9.95. The Labute approximate surface area is 131 Å². The van der Waals surface area contributed by atoms with Gasteiger partial charge in [0.15, 0.2) is 11.6 Å². The van der Waals surface area contributed by atoms with E-state index in [1.54, 1.807) is 13.0 Å². The van der Waals surface area contributed by atoms with E-state index >= 15 is 0 Å². The van der Waals surface area contributed by atoms with Gasteiger partial charge in [0.25, 0.3) is 0 Å². The number of carbonyl (C=O) groups excluding carboxylic acids is 1. The van der Waals surface area contributed by atoms with Gasteiger partial charge >= 0.3 is 0 Å². The number of amides is 1. The second-order valence-corrected chi connectivity index (χ2v) is 6.35. The summed E-state index contributed by atoms with van der Waals surface area (Å²) in [4.78, 5) is 11.9. The van der Waals surface area contributed by atoms with Crippen LogP contribution in [0.1, 0.15) is 39.2 Å². The van der Waals surface area contributed by atoms with Crippen LogP contribution in [0.3, 0.4) is 0 Å². The van der Waals surface area contributed by atoms with E-state index in [2.05, 4.69) is 19.2 Å². The van der Waals surface area contributed by atoms with E-state index in [0.29, 0.717) is 17.9 Å². The molecular weight excluding hydrogens is 285 g/mol. The van der Waals surface area contributed by atoms with Crippen molar-refractivity contribution in [2.45, 2.75) is 45.6 Å². The summed E-state index contributed by atoms with van der Waals surface area (Å²) in [6, 6.07) is 4.43. The molecule has 1 aromatic rings. The summed E-state index contributed by atoms with van der Waals surface area (Å²) in [6.45, 7) is 6.08. The minimum absolute atomic E-state index is 0.0706. The summed E-state index contributed by atoms with van der Waals surface area (Å²) in [5, 5.41) is 12.9. The first-order valence-electron chi connectivity index (χ1n) is 7.55. The van der Waals surface area contributed by atoms with Crippen LogP contribution in [0.2, 0.25) is 0 Å². The normalized spacial score (nSPS) is 13.8. The van der Waals surface area contributed by atoms with Gasteiger partial charge in [-0.15, -0.1) is 0 Å². The van der Waals surface area contributed by atoms with Gasteiger partial charge < -0.3 is 15.2 Å². The Morgan fingerprint density at radius 2 is 2.14 bits per heavy atom. The summed E-state index contributed by atoms with van der Waals surface area (Å²) < 4.78 is 18.4. The molecule has 0 heterocycles. The number of ether oxygens (including phenoxy) is 1. The topological polar surface area (TPSA) is 58.6 Å². The summed E-state index contributed by atoms with van der Waals surface area (Å²) in [7, 11) is 1.39. The lowest BCUT2D eigenvalue weighted by molar-refractivity contribution is -0.121. The molecule has 0 aliphatic rings. The molecule has 0 bridgehead atoms. The summed E-state index contributed by atoms with van der Waals surface area (Å²) in [5.41, 5.74) is -0.358. The fourth-order valence-corrected chi connectivity index (χ4v) is 2.04. The van der Waals surface area contributed by atoms with Crippen molar-refractivity contribution in [3.05, 3.63) is 29.6 Å². The third-order valence-electron chi connectivity index (χ3n) is 3.51. The van der Waals surface area contributed by atoms with Gasteiger partial charge in [-0.1, -0.05) is 19.9 Å². The predicted octanol–water partition coefficient (Wildman–Crippen LogP) is 2.68. The van der Waals surface area contributed by atoms with Crippen molar-refractivity contribution in [3.8, 4) is 5.75 Å². The Balaban J connectivity index is 2.47. The lowest BCUT2D eigenvalue weighted by Gasteiger charge is -2.24. The molecule has 5 heteroatoms. The molecule has 2 N–H and O–H groups in total. The van der Waals surface area contributed by atoms with Crippen LogP contribution in [0.15, 0.2) is 18.2 Å². The first-order valence-corrected chi connectivity index (χ1v) is 7.55. The molecule has 1 aromatic carbocycles. The molecule has 1 unspecified atom stereocenters. The van der Waals surface area contributed by atoms with Crippen LogP contribution in [0.25, 0.3) is 0 Å². The molecule has 0 radical (unpaired) electrons. The number of carbonyl (C=O) groups is 1. The molecule has 0 saturated carbocycles. The van der Waals surface area contributed by atoms with Crippen molar-refractivity contribution in [1.82, 2.24) is 5.32 Å². The SMILES string of the molecule is COc1ccc(CC(=O)NCC(C)(O)CCC(C)C)cc1F. The molecule has 1 amide bonds. The number of hydrogen-bond acceptors (Lipinski definition) is 3. The van der Waals surface area contributed by atoms with Crippen molar-refractivity contribution in [2.75, 3.05) is 13.7 Å². The lowest BCUT2D eigenvalue weighted by Crippen LogP contribution is -2.41. The Morgan fingerprint density at radius 1 is 1.45 bits per heavy atom. The maximum Gasteiger partial charge on any atom is 0.224 e. The van der Waals surface area contributed by atoms with Crippen LogP contribution in [0, 0.1) is 11.7 Å². The second kappa shape index (κ2) is 8.13. The molecule has 0 fully saturated rings. The Morgan fingerprint density at radius 3 is 2.68 bits per heavy atom. The predicted molar refractivity (Wildman–Crippen MR) is 84.4 cm³/mol. The van der Waals surface area contributed by atoms with Gasteiger partial charge in [0.05, 0.1) is 19.1 Å². The molecule has 0 aromatic heterocycles. The van der Waals surface area contributed by atoms with Gasteiger partial charge in [-0.05, 0) is 43.4 Å². The molecule has 0 saturated heterocycles. The highest BCUT2D eigenvalue weighted by atomic mass is 19.1. The molecule has 0 spiro atoms. The number of hydrogen-bond donors (Lipinski definition) is 2. The molecule has 4 nitrogen and oxygen atoms in total. The smallest absolute Gasteiger partial charge is 0.224 e. The molecule has 0 aliphatic carbocycles. The first kappa shape index (κ1) is 18.4. The molecule has 1 atom stereocenters. The summed E-state index contributed by atoms with van der Waals surface area (Å²) in [6.07, 6.45) is 1.59. The maximum atomic E-state index is 13.6. The zero-order valence-electron chi connectivity index (χ0n) is 13.8. The second-order valence-electron chi connectivity index (χ2n) is 6.35. The van der Waals surface area contributed by atoms with E-state index in [1.807, 2.05) is 0 Å². The van der Waals surface area contributed by atoms with Crippen LogP contribution in [0.5, 0.6) is 5.75 Å². The zero-order chi connectivity index (χ0) is 16.8. The largest absolute Gasteiger partial charge is 0.494 e.